The van der Waals surface area contributed by atoms with Gasteiger partial charge in [-0.05, 0) is 24.6 Å². The second-order valence-electron chi connectivity index (χ2n) is 3.63. The third kappa shape index (κ3) is 2.34. The van der Waals surface area contributed by atoms with E-state index in [4.69, 9.17) is 23.2 Å². The predicted molar refractivity (Wildman–Crippen MR) is 73.5 cm³/mol. The molecule has 84 valence electrons. The Hall–Kier alpha value is -0.310. The van der Waals surface area contributed by atoms with Crippen LogP contribution in [-0.2, 0) is 6.42 Å². The van der Waals surface area contributed by atoms with Crippen LogP contribution in [0.15, 0.2) is 22.7 Å². The average molecular weight is 319 g/mol. The normalized spacial score (nSPS) is 11.0. The smallest absolute Gasteiger partial charge is 0.0903 e. The van der Waals surface area contributed by atoms with Gasteiger partial charge in [0.05, 0.1) is 10.5 Å². The molecule has 1 aromatic carbocycles. The van der Waals surface area contributed by atoms with Gasteiger partial charge < -0.3 is 0 Å². The van der Waals surface area contributed by atoms with Crippen molar-refractivity contribution in [3.05, 3.63) is 38.4 Å². The highest BCUT2D eigenvalue weighted by Gasteiger charge is 2.08. The maximum atomic E-state index is 6.14. The monoisotopic (exact) mass is 317 g/mol. The minimum atomic E-state index is 0.598. The van der Waals surface area contributed by atoms with E-state index in [9.17, 15) is 0 Å². The van der Waals surface area contributed by atoms with E-state index in [1.165, 1.54) is 0 Å². The summed E-state index contributed by atoms with van der Waals surface area (Å²) in [6.45, 7) is 2.13. The number of aromatic nitrogens is 1. The van der Waals surface area contributed by atoms with E-state index < -0.39 is 0 Å². The molecule has 0 bridgehead atoms. The van der Waals surface area contributed by atoms with Gasteiger partial charge in [-0.1, -0.05) is 52.5 Å². The van der Waals surface area contributed by atoms with Crippen LogP contribution in [0.5, 0.6) is 0 Å². The molecule has 0 aliphatic rings. The van der Waals surface area contributed by atoms with Gasteiger partial charge in [0.15, 0.2) is 0 Å². The fourth-order valence-corrected chi connectivity index (χ4v) is 2.75. The molecule has 0 aliphatic heterocycles. The molecule has 0 atom stereocenters. The van der Waals surface area contributed by atoms with Gasteiger partial charge in [0, 0.05) is 20.6 Å². The van der Waals surface area contributed by atoms with Crippen molar-refractivity contribution in [1.29, 1.82) is 0 Å². The second kappa shape index (κ2) is 4.91. The number of rotatable bonds is 2. The molecule has 1 aromatic heterocycles. The zero-order valence-corrected chi connectivity index (χ0v) is 11.8. The molecule has 0 saturated heterocycles. The number of fused-ring (bicyclic) bond motifs is 1. The summed E-state index contributed by atoms with van der Waals surface area (Å²) in [5, 5.41) is 2.18. The molecule has 1 nitrogen and oxygen atoms in total. The van der Waals surface area contributed by atoms with Gasteiger partial charge in [-0.15, -0.1) is 0 Å². The first kappa shape index (κ1) is 12.2. The highest BCUT2D eigenvalue weighted by Crippen LogP contribution is 2.32. The fourth-order valence-electron chi connectivity index (χ4n) is 1.65. The largest absolute Gasteiger partial charge is 0.251 e. The van der Waals surface area contributed by atoms with E-state index in [0.717, 1.165) is 33.9 Å². The Balaban J connectivity index is 2.71. The Labute approximate surface area is 113 Å². The predicted octanol–water partition coefficient (Wildman–Crippen LogP) is 5.26. The number of benzene rings is 1. The number of hydrogen-bond donors (Lipinski definition) is 0. The molecular weight excluding hydrogens is 309 g/mol. The SMILES string of the molecule is CCCc1cc(Br)c2cc(Cl)cc(Cl)c2n1. The first-order valence-corrected chi connectivity index (χ1v) is 6.61. The minimum Gasteiger partial charge on any atom is -0.251 e. The highest BCUT2D eigenvalue weighted by atomic mass is 79.9. The summed E-state index contributed by atoms with van der Waals surface area (Å²) >= 11 is 15.6. The number of pyridine rings is 1. The van der Waals surface area contributed by atoms with Crippen LogP contribution in [0, 0.1) is 0 Å². The first-order chi connectivity index (χ1) is 7.61. The molecule has 0 saturated carbocycles. The van der Waals surface area contributed by atoms with Crippen LogP contribution in [0.4, 0.5) is 0 Å². The molecule has 2 rings (SSSR count). The summed E-state index contributed by atoms with van der Waals surface area (Å²) in [5.41, 5.74) is 1.86. The van der Waals surface area contributed by atoms with Crippen LogP contribution >= 0.6 is 39.1 Å². The highest BCUT2D eigenvalue weighted by molar-refractivity contribution is 9.10. The van der Waals surface area contributed by atoms with Gasteiger partial charge in [-0.25, -0.2) is 0 Å². The van der Waals surface area contributed by atoms with Gasteiger partial charge in [-0.2, -0.15) is 0 Å². The van der Waals surface area contributed by atoms with E-state index in [-0.39, 0.29) is 0 Å². The lowest BCUT2D eigenvalue weighted by Crippen LogP contribution is -1.91. The van der Waals surface area contributed by atoms with E-state index in [1.807, 2.05) is 12.1 Å². The van der Waals surface area contributed by atoms with Crippen molar-refractivity contribution < 1.29 is 0 Å². The Kier molecular flexibility index (Phi) is 3.73. The van der Waals surface area contributed by atoms with Gasteiger partial charge in [0.2, 0.25) is 0 Å². The Morgan fingerprint density at radius 3 is 2.69 bits per heavy atom. The van der Waals surface area contributed by atoms with E-state index in [0.29, 0.717) is 10.0 Å². The average Bonchev–Trinajstić information content (AvgIpc) is 2.20. The number of halogens is 3. The fraction of sp³-hybridized carbons (Fsp3) is 0.250. The van der Waals surface area contributed by atoms with Crippen LogP contribution in [0.1, 0.15) is 19.0 Å². The van der Waals surface area contributed by atoms with Gasteiger partial charge >= 0.3 is 0 Å². The topological polar surface area (TPSA) is 12.9 Å². The van der Waals surface area contributed by atoms with Crippen LogP contribution in [0.25, 0.3) is 10.9 Å². The Morgan fingerprint density at radius 1 is 1.25 bits per heavy atom. The summed E-state index contributed by atoms with van der Waals surface area (Å²) in [6, 6.07) is 5.62. The molecule has 4 heteroatoms. The van der Waals surface area contributed by atoms with E-state index in [2.05, 4.69) is 27.8 Å². The van der Waals surface area contributed by atoms with E-state index >= 15 is 0 Å². The van der Waals surface area contributed by atoms with Gasteiger partial charge in [0.1, 0.15) is 0 Å². The lowest BCUT2D eigenvalue weighted by Gasteiger charge is -2.06. The molecule has 16 heavy (non-hydrogen) atoms. The number of hydrogen-bond acceptors (Lipinski definition) is 1. The first-order valence-electron chi connectivity index (χ1n) is 5.06. The lowest BCUT2D eigenvalue weighted by atomic mass is 10.1. The molecule has 0 amide bonds. The molecule has 0 aliphatic carbocycles. The van der Waals surface area contributed by atoms with Crippen molar-refractivity contribution in [2.45, 2.75) is 19.8 Å². The molecule has 0 unspecified atom stereocenters. The molecule has 0 spiro atoms. The maximum absolute atomic E-state index is 6.14. The molecule has 1 heterocycles. The summed E-state index contributed by atoms with van der Waals surface area (Å²) in [5.74, 6) is 0. The molecule has 2 aromatic rings. The standard InChI is InChI=1S/C12H10BrCl2N/c1-2-3-8-6-10(13)9-4-7(14)5-11(15)12(9)16-8/h4-6H,2-3H2,1H3. The van der Waals surface area contributed by atoms with Crippen LogP contribution in [0.3, 0.4) is 0 Å². The zero-order valence-electron chi connectivity index (χ0n) is 8.73. The zero-order chi connectivity index (χ0) is 11.7. The quantitative estimate of drug-likeness (QED) is 0.736. The third-order valence-corrected chi connectivity index (χ3v) is 3.50. The summed E-state index contributed by atoms with van der Waals surface area (Å²) in [4.78, 5) is 4.55. The summed E-state index contributed by atoms with van der Waals surface area (Å²) in [6.07, 6.45) is 2.02. The van der Waals surface area contributed by atoms with Crippen molar-refractivity contribution in [2.75, 3.05) is 0 Å². The summed E-state index contributed by atoms with van der Waals surface area (Å²) < 4.78 is 0.991. The van der Waals surface area contributed by atoms with Crippen molar-refractivity contribution in [3.63, 3.8) is 0 Å². The van der Waals surface area contributed by atoms with Crippen molar-refractivity contribution in [3.8, 4) is 0 Å². The minimum absolute atomic E-state index is 0.598. The number of aryl methyl sites for hydroxylation is 1. The molecular formula is C12H10BrCl2N. The number of nitrogens with zero attached hydrogens (tertiary/aromatic N) is 1. The maximum Gasteiger partial charge on any atom is 0.0903 e. The van der Waals surface area contributed by atoms with Gasteiger partial charge in [0.25, 0.3) is 0 Å². The van der Waals surface area contributed by atoms with Crippen molar-refractivity contribution >= 4 is 50.0 Å². The Morgan fingerprint density at radius 2 is 2.00 bits per heavy atom. The van der Waals surface area contributed by atoms with Crippen LogP contribution < -0.4 is 0 Å². The van der Waals surface area contributed by atoms with E-state index in [1.54, 1.807) is 6.07 Å². The van der Waals surface area contributed by atoms with Gasteiger partial charge in [-0.3, -0.25) is 4.98 Å². The van der Waals surface area contributed by atoms with Crippen molar-refractivity contribution in [2.24, 2.45) is 0 Å². The third-order valence-electron chi connectivity index (χ3n) is 2.34. The molecule has 0 radical (unpaired) electrons. The van der Waals surface area contributed by atoms with Crippen LogP contribution in [0.2, 0.25) is 10.0 Å². The summed E-state index contributed by atoms with van der Waals surface area (Å²) in [7, 11) is 0. The molecule has 0 fully saturated rings. The lowest BCUT2D eigenvalue weighted by molar-refractivity contribution is 0.889. The van der Waals surface area contributed by atoms with Crippen molar-refractivity contribution in [1.82, 2.24) is 4.98 Å². The Bertz CT molecular complexity index is 540. The van der Waals surface area contributed by atoms with Crippen LogP contribution in [-0.4, -0.2) is 4.98 Å². The molecule has 0 N–H and O–H groups in total. The second-order valence-corrected chi connectivity index (χ2v) is 5.33.